The minimum Gasteiger partial charge on any atom is -0.310 e. The van der Waals surface area contributed by atoms with Gasteiger partial charge in [-0.25, -0.2) is 0 Å². The molecule has 0 bridgehead atoms. The van der Waals surface area contributed by atoms with Crippen LogP contribution in [-0.4, -0.2) is 16.3 Å². The van der Waals surface area contributed by atoms with Gasteiger partial charge in [0.15, 0.2) is 0 Å². The molecule has 2 rings (SSSR count). The number of nitrogens with one attached hydrogen (secondary N) is 1. The first-order valence-electron chi connectivity index (χ1n) is 6.73. The van der Waals surface area contributed by atoms with Gasteiger partial charge in [-0.05, 0) is 30.7 Å². The van der Waals surface area contributed by atoms with E-state index in [0.29, 0.717) is 6.04 Å². The number of halogens is 1. The quantitative estimate of drug-likeness (QED) is 0.878. The van der Waals surface area contributed by atoms with Crippen LogP contribution in [0.5, 0.6) is 0 Å². The molecule has 0 radical (unpaired) electrons. The maximum absolute atomic E-state index is 4.45. The van der Waals surface area contributed by atoms with Gasteiger partial charge in [0.25, 0.3) is 0 Å². The Balaban J connectivity index is 2.08. The lowest BCUT2D eigenvalue weighted by atomic mass is 10.1. The van der Waals surface area contributed by atoms with E-state index >= 15 is 0 Å². The SMILES string of the molecule is CCNC(CC)c1cnn(Cc2cccc(Br)c2)c1. The molecule has 1 aromatic heterocycles. The third kappa shape index (κ3) is 3.91. The van der Waals surface area contributed by atoms with Crippen LogP contribution >= 0.6 is 15.9 Å². The molecule has 0 fully saturated rings. The molecule has 2 aromatic rings. The van der Waals surface area contributed by atoms with E-state index in [9.17, 15) is 0 Å². The minimum absolute atomic E-state index is 0.404. The average molecular weight is 322 g/mol. The van der Waals surface area contributed by atoms with Crippen molar-refractivity contribution in [3.8, 4) is 0 Å². The third-order valence-corrected chi connectivity index (χ3v) is 3.64. The van der Waals surface area contributed by atoms with Crippen molar-refractivity contribution in [2.24, 2.45) is 0 Å². The predicted octanol–water partition coefficient (Wildman–Crippen LogP) is 3.75. The standard InChI is InChI=1S/C15H20BrN3/c1-3-15(17-4-2)13-9-18-19(11-13)10-12-6-5-7-14(16)8-12/h5-9,11,15,17H,3-4,10H2,1-2H3. The van der Waals surface area contributed by atoms with E-state index in [1.165, 1.54) is 11.1 Å². The Labute approximate surface area is 123 Å². The van der Waals surface area contributed by atoms with Crippen molar-refractivity contribution in [2.45, 2.75) is 32.9 Å². The number of aromatic nitrogens is 2. The average Bonchev–Trinajstić information content (AvgIpc) is 2.84. The summed E-state index contributed by atoms with van der Waals surface area (Å²) >= 11 is 3.50. The maximum atomic E-state index is 4.45. The second-order valence-corrected chi connectivity index (χ2v) is 5.54. The Morgan fingerprint density at radius 1 is 1.37 bits per heavy atom. The Morgan fingerprint density at radius 2 is 2.21 bits per heavy atom. The van der Waals surface area contributed by atoms with Crippen LogP contribution in [0.1, 0.15) is 37.4 Å². The summed E-state index contributed by atoms with van der Waals surface area (Å²) in [7, 11) is 0. The highest BCUT2D eigenvalue weighted by Crippen LogP contribution is 2.17. The first-order valence-corrected chi connectivity index (χ1v) is 7.52. The van der Waals surface area contributed by atoms with Crippen LogP contribution in [0.3, 0.4) is 0 Å². The largest absolute Gasteiger partial charge is 0.310 e. The number of nitrogens with zero attached hydrogens (tertiary/aromatic N) is 2. The van der Waals surface area contributed by atoms with Gasteiger partial charge < -0.3 is 5.32 Å². The van der Waals surface area contributed by atoms with Crippen LogP contribution in [0.4, 0.5) is 0 Å². The lowest BCUT2D eigenvalue weighted by Gasteiger charge is -2.13. The van der Waals surface area contributed by atoms with E-state index in [0.717, 1.165) is 24.0 Å². The van der Waals surface area contributed by atoms with Crippen molar-refractivity contribution in [3.05, 3.63) is 52.3 Å². The van der Waals surface area contributed by atoms with Gasteiger partial charge >= 0.3 is 0 Å². The van der Waals surface area contributed by atoms with Gasteiger partial charge in [0.05, 0.1) is 12.7 Å². The Bertz CT molecular complexity index is 522. The van der Waals surface area contributed by atoms with Gasteiger partial charge in [-0.1, -0.05) is 41.9 Å². The topological polar surface area (TPSA) is 29.9 Å². The summed E-state index contributed by atoms with van der Waals surface area (Å²) in [5.41, 5.74) is 2.51. The molecule has 1 aromatic carbocycles. The molecule has 0 spiro atoms. The third-order valence-electron chi connectivity index (χ3n) is 3.15. The highest BCUT2D eigenvalue weighted by molar-refractivity contribution is 9.10. The Kier molecular flexibility index (Phi) is 5.16. The smallest absolute Gasteiger partial charge is 0.0659 e. The molecule has 1 unspecified atom stereocenters. The second-order valence-electron chi connectivity index (χ2n) is 4.62. The molecule has 1 heterocycles. The molecule has 0 aliphatic rings. The van der Waals surface area contributed by atoms with Gasteiger partial charge in [-0.3, -0.25) is 4.68 Å². The summed E-state index contributed by atoms with van der Waals surface area (Å²) in [5.74, 6) is 0. The number of benzene rings is 1. The molecule has 19 heavy (non-hydrogen) atoms. The van der Waals surface area contributed by atoms with Gasteiger partial charge in [0.2, 0.25) is 0 Å². The zero-order valence-corrected chi connectivity index (χ0v) is 13.0. The zero-order chi connectivity index (χ0) is 13.7. The molecule has 4 heteroatoms. The van der Waals surface area contributed by atoms with Crippen LogP contribution in [0.25, 0.3) is 0 Å². The number of rotatable bonds is 6. The molecular formula is C15H20BrN3. The molecule has 0 saturated carbocycles. The van der Waals surface area contributed by atoms with E-state index in [-0.39, 0.29) is 0 Å². The predicted molar refractivity (Wildman–Crippen MR) is 82.2 cm³/mol. The summed E-state index contributed by atoms with van der Waals surface area (Å²) < 4.78 is 3.10. The molecule has 102 valence electrons. The van der Waals surface area contributed by atoms with Crippen LogP contribution < -0.4 is 5.32 Å². The molecule has 0 saturated heterocycles. The van der Waals surface area contributed by atoms with E-state index in [2.05, 4.69) is 64.6 Å². The van der Waals surface area contributed by atoms with Gasteiger partial charge in [0, 0.05) is 22.3 Å². The monoisotopic (exact) mass is 321 g/mol. The van der Waals surface area contributed by atoms with Crippen molar-refractivity contribution in [1.29, 1.82) is 0 Å². The molecule has 3 nitrogen and oxygen atoms in total. The first kappa shape index (κ1) is 14.3. The van der Waals surface area contributed by atoms with Crippen molar-refractivity contribution in [3.63, 3.8) is 0 Å². The summed E-state index contributed by atoms with van der Waals surface area (Å²) in [6.07, 6.45) is 5.18. The first-order chi connectivity index (χ1) is 9.22. The zero-order valence-electron chi connectivity index (χ0n) is 11.4. The second kappa shape index (κ2) is 6.87. The molecule has 0 aliphatic carbocycles. The highest BCUT2D eigenvalue weighted by atomic mass is 79.9. The summed E-state index contributed by atoms with van der Waals surface area (Å²) in [6.45, 7) is 6.12. The van der Waals surface area contributed by atoms with Crippen molar-refractivity contribution in [2.75, 3.05) is 6.54 Å². The molecular weight excluding hydrogens is 302 g/mol. The molecule has 0 amide bonds. The van der Waals surface area contributed by atoms with Gasteiger partial charge in [0.1, 0.15) is 0 Å². The molecule has 0 aliphatic heterocycles. The summed E-state index contributed by atoms with van der Waals surface area (Å²) in [6, 6.07) is 8.74. The van der Waals surface area contributed by atoms with Crippen molar-refractivity contribution >= 4 is 15.9 Å². The van der Waals surface area contributed by atoms with Crippen LogP contribution in [0.15, 0.2) is 41.1 Å². The van der Waals surface area contributed by atoms with Crippen LogP contribution in [0, 0.1) is 0 Å². The lowest BCUT2D eigenvalue weighted by Crippen LogP contribution is -2.19. The van der Waals surface area contributed by atoms with Gasteiger partial charge in [-0.15, -0.1) is 0 Å². The summed E-state index contributed by atoms with van der Waals surface area (Å²) in [4.78, 5) is 0. The lowest BCUT2D eigenvalue weighted by molar-refractivity contribution is 0.536. The maximum Gasteiger partial charge on any atom is 0.0659 e. The van der Waals surface area contributed by atoms with E-state index < -0.39 is 0 Å². The molecule has 1 N–H and O–H groups in total. The van der Waals surface area contributed by atoms with E-state index in [1.807, 2.05) is 16.9 Å². The van der Waals surface area contributed by atoms with E-state index in [4.69, 9.17) is 0 Å². The highest BCUT2D eigenvalue weighted by Gasteiger charge is 2.10. The fourth-order valence-corrected chi connectivity index (χ4v) is 2.66. The van der Waals surface area contributed by atoms with Crippen molar-refractivity contribution < 1.29 is 0 Å². The minimum atomic E-state index is 0.404. The van der Waals surface area contributed by atoms with Crippen LogP contribution in [-0.2, 0) is 6.54 Å². The van der Waals surface area contributed by atoms with E-state index in [1.54, 1.807) is 0 Å². The number of hydrogen-bond donors (Lipinski definition) is 1. The van der Waals surface area contributed by atoms with Crippen LogP contribution in [0.2, 0.25) is 0 Å². The Hall–Kier alpha value is -1.13. The Morgan fingerprint density at radius 3 is 2.89 bits per heavy atom. The fourth-order valence-electron chi connectivity index (χ4n) is 2.21. The summed E-state index contributed by atoms with van der Waals surface area (Å²) in [5, 5.41) is 7.93. The van der Waals surface area contributed by atoms with Gasteiger partial charge in [-0.2, -0.15) is 5.10 Å². The normalized spacial score (nSPS) is 12.6. The number of hydrogen-bond acceptors (Lipinski definition) is 2. The molecule has 1 atom stereocenters. The van der Waals surface area contributed by atoms with Crippen molar-refractivity contribution in [1.82, 2.24) is 15.1 Å². The fraction of sp³-hybridized carbons (Fsp3) is 0.400.